The van der Waals surface area contributed by atoms with Gasteiger partial charge in [-0.05, 0) is 31.1 Å². The maximum atomic E-state index is 4.16. The smallest absolute Gasteiger partial charge is 0.0948 e. The van der Waals surface area contributed by atoms with Crippen molar-refractivity contribution >= 4 is 0 Å². The third kappa shape index (κ3) is 1.88. The summed E-state index contributed by atoms with van der Waals surface area (Å²) in [6, 6.07) is 0.721. The molecule has 2 N–H and O–H groups in total. The molecule has 1 saturated carbocycles. The van der Waals surface area contributed by atoms with E-state index < -0.39 is 0 Å². The van der Waals surface area contributed by atoms with Crippen molar-refractivity contribution < 1.29 is 5.32 Å². The normalized spacial score (nSPS) is 26.0. The third-order valence-electron chi connectivity index (χ3n) is 4.72. The molecule has 0 atom stereocenters. The first-order valence-electron chi connectivity index (χ1n) is 6.67. The molecule has 3 rings (SSSR count). The van der Waals surface area contributed by atoms with E-state index >= 15 is 0 Å². The molecule has 0 radical (unpaired) electrons. The first kappa shape index (κ1) is 10.3. The van der Waals surface area contributed by atoms with Crippen LogP contribution in [0.15, 0.2) is 18.7 Å². The summed E-state index contributed by atoms with van der Waals surface area (Å²) < 4.78 is 2.31. The molecule has 1 aromatic rings. The van der Waals surface area contributed by atoms with Gasteiger partial charge in [0.2, 0.25) is 0 Å². The highest BCUT2D eigenvalue weighted by Crippen LogP contribution is 2.45. The van der Waals surface area contributed by atoms with Gasteiger partial charge in [0.05, 0.1) is 19.4 Å². The van der Waals surface area contributed by atoms with Crippen LogP contribution in [0.4, 0.5) is 0 Å². The summed E-state index contributed by atoms with van der Waals surface area (Å²) in [7, 11) is 0. The van der Waals surface area contributed by atoms with Gasteiger partial charge in [-0.15, -0.1) is 0 Å². The van der Waals surface area contributed by atoms with E-state index in [-0.39, 0.29) is 0 Å². The molecule has 3 heteroatoms. The summed E-state index contributed by atoms with van der Waals surface area (Å²) in [6.45, 7) is 2.71. The Labute approximate surface area is 97.3 Å². The molecule has 16 heavy (non-hydrogen) atoms. The van der Waals surface area contributed by atoms with Crippen LogP contribution in [0.5, 0.6) is 0 Å². The molecule has 1 aliphatic carbocycles. The van der Waals surface area contributed by atoms with Crippen LogP contribution in [0.1, 0.15) is 44.6 Å². The van der Waals surface area contributed by atoms with E-state index in [2.05, 4.69) is 21.1 Å². The minimum absolute atomic E-state index is 0.714. The molecular weight excluding hydrogens is 198 g/mol. The Hall–Kier alpha value is -0.830. The lowest BCUT2D eigenvalue weighted by molar-refractivity contribution is -0.668. The molecule has 2 aliphatic rings. The summed E-state index contributed by atoms with van der Waals surface area (Å²) in [6.07, 6.45) is 14.5. The van der Waals surface area contributed by atoms with Crippen molar-refractivity contribution in [3.8, 4) is 0 Å². The minimum atomic E-state index is 0.714. The summed E-state index contributed by atoms with van der Waals surface area (Å²) in [5.41, 5.74) is 0.714. The highest BCUT2D eigenvalue weighted by atomic mass is 15.1. The Bertz CT molecular complexity index is 315. The van der Waals surface area contributed by atoms with Crippen molar-refractivity contribution in [2.45, 2.75) is 44.6 Å². The predicted octanol–water partition coefficient (Wildman–Crippen LogP) is 1.34. The Morgan fingerprint density at radius 1 is 1.12 bits per heavy atom. The van der Waals surface area contributed by atoms with Gasteiger partial charge in [-0.3, -0.25) is 0 Å². The molecule has 1 saturated heterocycles. The van der Waals surface area contributed by atoms with Crippen molar-refractivity contribution in [2.24, 2.45) is 5.41 Å². The van der Waals surface area contributed by atoms with Crippen LogP contribution < -0.4 is 5.32 Å². The number of nitrogens with two attached hydrogens (primary N) is 1. The molecule has 3 nitrogen and oxygen atoms in total. The topological polar surface area (TPSA) is 34.4 Å². The second kappa shape index (κ2) is 4.21. The molecule has 1 spiro atoms. The number of hydrogen-bond donors (Lipinski definition) is 1. The van der Waals surface area contributed by atoms with Crippen LogP contribution in [0.3, 0.4) is 0 Å². The maximum Gasteiger partial charge on any atom is 0.0948 e. The average Bonchev–Trinajstić information content (AvgIpc) is 2.85. The zero-order valence-electron chi connectivity index (χ0n) is 9.94. The van der Waals surface area contributed by atoms with Gasteiger partial charge in [-0.1, -0.05) is 0 Å². The zero-order valence-corrected chi connectivity index (χ0v) is 9.94. The van der Waals surface area contributed by atoms with Crippen LogP contribution >= 0.6 is 0 Å². The lowest BCUT2D eigenvalue weighted by atomic mass is 9.67. The van der Waals surface area contributed by atoms with Crippen LogP contribution in [0.25, 0.3) is 0 Å². The Morgan fingerprint density at radius 2 is 1.88 bits per heavy atom. The van der Waals surface area contributed by atoms with Crippen molar-refractivity contribution in [2.75, 3.05) is 13.1 Å². The van der Waals surface area contributed by atoms with E-state index in [4.69, 9.17) is 0 Å². The first-order chi connectivity index (χ1) is 7.88. The fourth-order valence-electron chi connectivity index (χ4n) is 3.58. The molecule has 0 amide bonds. The standard InChI is InChI=1S/C13H21N3/c1-3-13(5-7-14-8-6-13)4-2-12(1)16-10-9-15-11-16/h9-12,14H,1-8H2/p+1. The molecule has 88 valence electrons. The second-order valence-electron chi connectivity index (χ2n) is 5.61. The monoisotopic (exact) mass is 220 g/mol. The van der Waals surface area contributed by atoms with Crippen LogP contribution in [-0.4, -0.2) is 22.6 Å². The molecule has 2 fully saturated rings. The summed E-state index contributed by atoms with van der Waals surface area (Å²) in [4.78, 5) is 4.16. The van der Waals surface area contributed by atoms with Gasteiger partial charge in [-0.25, -0.2) is 4.98 Å². The van der Waals surface area contributed by atoms with Gasteiger partial charge < -0.3 is 9.88 Å². The zero-order chi connectivity index (χ0) is 10.8. The van der Waals surface area contributed by atoms with Gasteiger partial charge in [0.25, 0.3) is 0 Å². The van der Waals surface area contributed by atoms with E-state index in [0.29, 0.717) is 5.41 Å². The first-order valence-corrected chi connectivity index (χ1v) is 6.67. The molecule has 0 bridgehead atoms. The van der Waals surface area contributed by atoms with Crippen molar-refractivity contribution in [1.82, 2.24) is 9.55 Å². The van der Waals surface area contributed by atoms with E-state index in [9.17, 15) is 0 Å². The molecule has 2 heterocycles. The van der Waals surface area contributed by atoms with E-state index in [0.717, 1.165) is 6.04 Å². The number of imidazole rings is 1. The molecule has 0 unspecified atom stereocenters. The van der Waals surface area contributed by atoms with E-state index in [1.54, 1.807) is 0 Å². The number of quaternary nitrogens is 1. The van der Waals surface area contributed by atoms with Gasteiger partial charge >= 0.3 is 0 Å². The minimum Gasteiger partial charge on any atom is -0.346 e. The number of piperidine rings is 1. The summed E-state index contributed by atoms with van der Waals surface area (Å²) >= 11 is 0. The fraction of sp³-hybridized carbons (Fsp3) is 0.769. The Morgan fingerprint density at radius 3 is 2.50 bits per heavy atom. The van der Waals surface area contributed by atoms with Gasteiger partial charge in [0, 0.05) is 31.3 Å². The molecular formula is C13H22N3+. The Kier molecular flexibility index (Phi) is 2.72. The third-order valence-corrected chi connectivity index (χ3v) is 4.72. The number of rotatable bonds is 1. The number of hydrogen-bond acceptors (Lipinski definition) is 1. The lowest BCUT2D eigenvalue weighted by Crippen LogP contribution is -2.87. The largest absolute Gasteiger partial charge is 0.346 e. The number of aromatic nitrogens is 2. The van der Waals surface area contributed by atoms with Gasteiger partial charge in [-0.2, -0.15) is 0 Å². The molecule has 1 aromatic heterocycles. The van der Waals surface area contributed by atoms with Crippen LogP contribution in [0.2, 0.25) is 0 Å². The number of nitrogens with zero attached hydrogens (tertiary/aromatic N) is 2. The summed E-state index contributed by atoms with van der Waals surface area (Å²) in [5.74, 6) is 0. The van der Waals surface area contributed by atoms with Crippen molar-refractivity contribution in [3.63, 3.8) is 0 Å². The second-order valence-corrected chi connectivity index (χ2v) is 5.61. The predicted molar refractivity (Wildman–Crippen MR) is 63.1 cm³/mol. The van der Waals surface area contributed by atoms with E-state index in [1.165, 1.54) is 51.6 Å². The van der Waals surface area contributed by atoms with Crippen LogP contribution in [-0.2, 0) is 0 Å². The van der Waals surface area contributed by atoms with Crippen molar-refractivity contribution in [1.29, 1.82) is 0 Å². The highest BCUT2D eigenvalue weighted by molar-refractivity contribution is 4.90. The van der Waals surface area contributed by atoms with Crippen molar-refractivity contribution in [3.05, 3.63) is 18.7 Å². The van der Waals surface area contributed by atoms with Gasteiger partial charge in [0.1, 0.15) is 0 Å². The molecule has 1 aliphatic heterocycles. The Balaban J connectivity index is 1.63. The van der Waals surface area contributed by atoms with Gasteiger partial charge in [0.15, 0.2) is 0 Å². The summed E-state index contributed by atoms with van der Waals surface area (Å²) in [5, 5.41) is 2.48. The SMILES string of the molecule is c1cn(C2CCC3(CC[NH2+]CC3)CC2)cn1. The lowest BCUT2D eigenvalue weighted by Gasteiger charge is -2.42. The maximum absolute atomic E-state index is 4.16. The molecule has 0 aromatic carbocycles. The van der Waals surface area contributed by atoms with Crippen LogP contribution in [0, 0.1) is 5.41 Å². The van der Waals surface area contributed by atoms with E-state index in [1.807, 2.05) is 12.5 Å². The average molecular weight is 220 g/mol. The quantitative estimate of drug-likeness (QED) is 0.761. The fourth-order valence-corrected chi connectivity index (χ4v) is 3.58. The highest BCUT2D eigenvalue weighted by Gasteiger charge is 2.37.